The molecule has 6 nitrogen and oxygen atoms in total. The molecule has 0 aliphatic carbocycles. The number of nitrogens with one attached hydrogen (secondary N) is 1. The maximum absolute atomic E-state index is 12.8. The summed E-state index contributed by atoms with van der Waals surface area (Å²) < 4.78 is 38.5. The predicted molar refractivity (Wildman–Crippen MR) is 108 cm³/mol. The van der Waals surface area contributed by atoms with Gasteiger partial charge in [0.1, 0.15) is 16.7 Å². The van der Waals surface area contributed by atoms with Crippen LogP contribution in [0.2, 0.25) is 15.2 Å². The Hall–Kier alpha value is -2.41. The van der Waals surface area contributed by atoms with Gasteiger partial charge in [0.05, 0.1) is 10.6 Å². The molecule has 1 saturated heterocycles. The summed E-state index contributed by atoms with van der Waals surface area (Å²) in [4.78, 5) is 19.8. The second-order valence-corrected chi connectivity index (χ2v) is 7.44. The van der Waals surface area contributed by atoms with Gasteiger partial charge in [-0.25, -0.2) is 9.78 Å². The van der Waals surface area contributed by atoms with Crippen LogP contribution in [0.5, 0.6) is 0 Å². The summed E-state index contributed by atoms with van der Waals surface area (Å²) in [5, 5.41) is 11.5. The molecule has 0 bridgehead atoms. The fraction of sp³-hybridized carbons (Fsp3) is 0.278. The normalized spacial score (nSPS) is 14.4. The predicted octanol–water partition coefficient (Wildman–Crippen LogP) is 5.29. The summed E-state index contributed by atoms with van der Waals surface area (Å²) in [6.45, 7) is 1.19. The van der Waals surface area contributed by atoms with Crippen molar-refractivity contribution in [3.8, 4) is 6.07 Å². The first-order valence-electron chi connectivity index (χ1n) is 8.54. The summed E-state index contributed by atoms with van der Waals surface area (Å²) in [7, 11) is 0. The van der Waals surface area contributed by atoms with Gasteiger partial charge in [0.15, 0.2) is 11.0 Å². The van der Waals surface area contributed by atoms with Crippen molar-refractivity contribution in [1.82, 2.24) is 9.88 Å². The van der Waals surface area contributed by atoms with Crippen molar-refractivity contribution >= 4 is 52.3 Å². The number of nitriles is 1. The van der Waals surface area contributed by atoms with Crippen LogP contribution in [0.4, 0.5) is 29.5 Å². The fourth-order valence-electron chi connectivity index (χ4n) is 2.90. The number of alkyl halides is 3. The van der Waals surface area contributed by atoms with E-state index in [0.717, 1.165) is 12.1 Å². The Morgan fingerprint density at radius 3 is 2.40 bits per heavy atom. The van der Waals surface area contributed by atoms with Crippen molar-refractivity contribution in [2.24, 2.45) is 0 Å². The van der Waals surface area contributed by atoms with Crippen LogP contribution in [0, 0.1) is 11.3 Å². The van der Waals surface area contributed by atoms with Crippen LogP contribution in [0.1, 0.15) is 11.1 Å². The number of hydrogen-bond donors (Lipinski definition) is 1. The molecule has 0 atom stereocenters. The second-order valence-electron chi connectivity index (χ2n) is 6.32. The molecule has 3 rings (SSSR count). The molecule has 1 aliphatic heterocycles. The number of pyridine rings is 1. The standard InChI is InChI=1S/C18H13Cl3F3N5O/c19-13-12(9-25)15(21)27-16(14(13)20)28-4-6-29(7-5-28)17(30)26-11-3-1-2-10(8-11)18(22,23)24/h1-3,8H,4-7H2,(H,26,30). The van der Waals surface area contributed by atoms with E-state index >= 15 is 0 Å². The van der Waals surface area contributed by atoms with Gasteiger partial charge in [-0.05, 0) is 18.2 Å². The number of urea groups is 1. The maximum atomic E-state index is 12.8. The maximum Gasteiger partial charge on any atom is 0.416 e. The minimum atomic E-state index is -4.50. The molecule has 0 saturated carbocycles. The Morgan fingerprint density at radius 1 is 1.13 bits per heavy atom. The zero-order valence-electron chi connectivity index (χ0n) is 15.1. The van der Waals surface area contributed by atoms with Gasteiger partial charge in [-0.2, -0.15) is 18.4 Å². The van der Waals surface area contributed by atoms with E-state index in [1.807, 2.05) is 6.07 Å². The van der Waals surface area contributed by atoms with Crippen molar-refractivity contribution in [1.29, 1.82) is 5.26 Å². The quantitative estimate of drug-likeness (QED) is 0.596. The Kier molecular flexibility index (Phi) is 6.50. The smallest absolute Gasteiger partial charge is 0.352 e. The minimum absolute atomic E-state index is 0.00103. The highest BCUT2D eigenvalue weighted by Gasteiger charge is 2.31. The van der Waals surface area contributed by atoms with Gasteiger partial charge in [-0.3, -0.25) is 0 Å². The molecular weight excluding hydrogens is 466 g/mol. The first kappa shape index (κ1) is 22.3. The average Bonchev–Trinajstić information content (AvgIpc) is 2.71. The third-order valence-corrected chi connectivity index (χ3v) is 5.54. The molecule has 2 heterocycles. The van der Waals surface area contributed by atoms with Crippen molar-refractivity contribution in [3.05, 3.63) is 50.6 Å². The molecule has 30 heavy (non-hydrogen) atoms. The Morgan fingerprint density at radius 2 is 1.80 bits per heavy atom. The number of amides is 2. The SMILES string of the molecule is N#Cc1c(Cl)nc(N2CCN(C(=O)Nc3cccc(C(F)(F)F)c3)CC2)c(Cl)c1Cl. The number of anilines is 2. The lowest BCUT2D eigenvalue weighted by molar-refractivity contribution is -0.137. The number of aromatic nitrogens is 1. The highest BCUT2D eigenvalue weighted by atomic mass is 35.5. The Bertz CT molecular complexity index is 1020. The zero-order chi connectivity index (χ0) is 22.1. The number of benzene rings is 1. The lowest BCUT2D eigenvalue weighted by Crippen LogP contribution is -2.50. The van der Waals surface area contributed by atoms with Crippen LogP contribution < -0.4 is 10.2 Å². The highest BCUT2D eigenvalue weighted by molar-refractivity contribution is 6.45. The number of rotatable bonds is 2. The van der Waals surface area contributed by atoms with E-state index in [1.165, 1.54) is 17.0 Å². The van der Waals surface area contributed by atoms with Crippen LogP contribution in [-0.4, -0.2) is 42.1 Å². The van der Waals surface area contributed by atoms with Crippen LogP contribution in [0.25, 0.3) is 0 Å². The van der Waals surface area contributed by atoms with Gasteiger partial charge < -0.3 is 15.1 Å². The third-order valence-electron chi connectivity index (χ3n) is 4.44. The van der Waals surface area contributed by atoms with E-state index < -0.39 is 17.8 Å². The van der Waals surface area contributed by atoms with Gasteiger partial charge in [0.2, 0.25) is 0 Å². The molecule has 1 fully saturated rings. The van der Waals surface area contributed by atoms with Gasteiger partial charge in [-0.1, -0.05) is 40.9 Å². The summed E-state index contributed by atoms with van der Waals surface area (Å²) in [6, 6.07) is 5.72. The van der Waals surface area contributed by atoms with E-state index in [2.05, 4.69) is 10.3 Å². The molecular formula is C18H13Cl3F3N5O. The Balaban J connectivity index is 1.66. The lowest BCUT2D eigenvalue weighted by atomic mass is 10.2. The molecule has 158 valence electrons. The van der Waals surface area contributed by atoms with Crippen molar-refractivity contribution < 1.29 is 18.0 Å². The molecule has 12 heteroatoms. The van der Waals surface area contributed by atoms with E-state index in [1.54, 1.807) is 4.90 Å². The van der Waals surface area contributed by atoms with Crippen LogP contribution in [0.3, 0.4) is 0 Å². The van der Waals surface area contributed by atoms with Crippen LogP contribution >= 0.6 is 34.8 Å². The van der Waals surface area contributed by atoms with Gasteiger partial charge >= 0.3 is 12.2 Å². The molecule has 1 aromatic heterocycles. The van der Waals surface area contributed by atoms with Crippen LogP contribution in [0.15, 0.2) is 24.3 Å². The summed E-state index contributed by atoms with van der Waals surface area (Å²) >= 11 is 18.3. The number of nitrogens with zero attached hydrogens (tertiary/aromatic N) is 4. The zero-order valence-corrected chi connectivity index (χ0v) is 17.4. The number of carbonyl (C=O) groups excluding carboxylic acids is 1. The summed E-state index contributed by atoms with van der Waals surface area (Å²) in [5.74, 6) is 0.295. The van der Waals surface area contributed by atoms with E-state index in [4.69, 9.17) is 40.1 Å². The van der Waals surface area contributed by atoms with Crippen molar-refractivity contribution in [2.45, 2.75) is 6.18 Å². The van der Waals surface area contributed by atoms with Gasteiger partial charge in [0.25, 0.3) is 0 Å². The molecule has 1 N–H and O–H groups in total. The third kappa shape index (κ3) is 4.67. The molecule has 0 spiro atoms. The lowest BCUT2D eigenvalue weighted by Gasteiger charge is -2.35. The number of piperazine rings is 1. The van der Waals surface area contributed by atoms with Crippen molar-refractivity contribution in [2.75, 3.05) is 36.4 Å². The molecule has 1 aromatic carbocycles. The van der Waals surface area contributed by atoms with E-state index in [9.17, 15) is 18.0 Å². The highest BCUT2D eigenvalue weighted by Crippen LogP contribution is 2.37. The monoisotopic (exact) mass is 477 g/mol. The van der Waals surface area contributed by atoms with Gasteiger partial charge in [0, 0.05) is 31.9 Å². The molecule has 0 unspecified atom stereocenters. The molecule has 0 radical (unpaired) electrons. The largest absolute Gasteiger partial charge is 0.416 e. The minimum Gasteiger partial charge on any atom is -0.352 e. The number of halogens is 6. The molecule has 2 amide bonds. The Labute approximate surface area is 184 Å². The second kappa shape index (κ2) is 8.76. The molecule has 2 aromatic rings. The summed E-state index contributed by atoms with van der Waals surface area (Å²) in [6.07, 6.45) is -4.50. The fourth-order valence-corrected chi connectivity index (χ4v) is 3.64. The number of hydrogen-bond acceptors (Lipinski definition) is 4. The topological polar surface area (TPSA) is 72.3 Å². The molecule has 1 aliphatic rings. The first-order valence-corrected chi connectivity index (χ1v) is 9.68. The van der Waals surface area contributed by atoms with Gasteiger partial charge in [-0.15, -0.1) is 0 Å². The summed E-state index contributed by atoms with van der Waals surface area (Å²) in [5.41, 5.74) is -0.820. The first-order chi connectivity index (χ1) is 14.1. The average molecular weight is 479 g/mol. The van der Waals surface area contributed by atoms with Crippen molar-refractivity contribution in [3.63, 3.8) is 0 Å². The van der Waals surface area contributed by atoms with E-state index in [0.29, 0.717) is 18.9 Å². The van der Waals surface area contributed by atoms with E-state index in [-0.39, 0.29) is 39.5 Å². The number of carbonyl (C=O) groups is 1. The van der Waals surface area contributed by atoms with Crippen LogP contribution in [-0.2, 0) is 6.18 Å².